The van der Waals surface area contributed by atoms with Gasteiger partial charge in [0.25, 0.3) is 0 Å². The van der Waals surface area contributed by atoms with E-state index in [1.165, 1.54) is 11.6 Å². The summed E-state index contributed by atoms with van der Waals surface area (Å²) in [5, 5.41) is 0. The third-order valence-corrected chi connectivity index (χ3v) is 3.42. The molecule has 94 valence electrons. The quantitative estimate of drug-likeness (QED) is 0.855. The molecule has 0 amide bonds. The van der Waals surface area contributed by atoms with Gasteiger partial charge < -0.3 is 5.73 Å². The lowest BCUT2D eigenvalue weighted by Gasteiger charge is -2.26. The van der Waals surface area contributed by atoms with Crippen LogP contribution in [0.5, 0.6) is 0 Å². The van der Waals surface area contributed by atoms with Crippen LogP contribution >= 0.6 is 0 Å². The molecule has 0 radical (unpaired) electrons. The van der Waals surface area contributed by atoms with Crippen molar-refractivity contribution in [1.82, 2.24) is 0 Å². The maximum Gasteiger partial charge on any atom is 0.126 e. The standard InChI is InChI=1S/C16H18FN/c1-11-4-7-13(8-5-11)16(3,18)14-9-6-12(2)15(17)10-14/h4-10H,18H2,1-3H3. The van der Waals surface area contributed by atoms with E-state index in [0.717, 1.165) is 11.1 Å². The molecule has 2 N–H and O–H groups in total. The first kappa shape index (κ1) is 12.8. The Morgan fingerprint density at radius 2 is 1.50 bits per heavy atom. The summed E-state index contributed by atoms with van der Waals surface area (Å²) in [7, 11) is 0. The van der Waals surface area contributed by atoms with Crippen LogP contribution in [0.15, 0.2) is 42.5 Å². The summed E-state index contributed by atoms with van der Waals surface area (Å²) in [5.74, 6) is -0.212. The van der Waals surface area contributed by atoms with Gasteiger partial charge in [-0.2, -0.15) is 0 Å². The summed E-state index contributed by atoms with van der Waals surface area (Å²) in [5.41, 5.74) is 9.27. The summed E-state index contributed by atoms with van der Waals surface area (Å²) in [6, 6.07) is 13.2. The molecule has 0 bridgehead atoms. The average molecular weight is 243 g/mol. The van der Waals surface area contributed by atoms with Gasteiger partial charge in [0.2, 0.25) is 0 Å². The maximum atomic E-state index is 13.6. The molecule has 1 unspecified atom stereocenters. The van der Waals surface area contributed by atoms with Gasteiger partial charge in [0.15, 0.2) is 0 Å². The highest BCUT2D eigenvalue weighted by Crippen LogP contribution is 2.27. The second kappa shape index (κ2) is 4.54. The van der Waals surface area contributed by atoms with E-state index in [9.17, 15) is 4.39 Å². The predicted molar refractivity (Wildman–Crippen MR) is 73.0 cm³/mol. The Hall–Kier alpha value is -1.67. The Labute approximate surface area is 107 Å². The SMILES string of the molecule is Cc1ccc(C(C)(N)c2ccc(C)c(F)c2)cc1. The van der Waals surface area contributed by atoms with Crippen LogP contribution in [0.25, 0.3) is 0 Å². The van der Waals surface area contributed by atoms with Gasteiger partial charge in [0, 0.05) is 0 Å². The smallest absolute Gasteiger partial charge is 0.126 e. The second-order valence-electron chi connectivity index (χ2n) is 5.03. The minimum absolute atomic E-state index is 0.212. The number of aryl methyl sites for hydroxylation is 2. The van der Waals surface area contributed by atoms with Gasteiger partial charge in [-0.1, -0.05) is 42.0 Å². The van der Waals surface area contributed by atoms with E-state index in [0.29, 0.717) is 5.56 Å². The Balaban J connectivity index is 2.46. The molecule has 2 rings (SSSR count). The highest BCUT2D eigenvalue weighted by atomic mass is 19.1. The van der Waals surface area contributed by atoms with Crippen LogP contribution in [0.4, 0.5) is 4.39 Å². The van der Waals surface area contributed by atoms with E-state index in [4.69, 9.17) is 5.73 Å². The van der Waals surface area contributed by atoms with E-state index in [1.54, 1.807) is 13.0 Å². The number of nitrogens with two attached hydrogens (primary N) is 1. The van der Waals surface area contributed by atoms with Gasteiger partial charge in [0.05, 0.1) is 5.54 Å². The lowest BCUT2D eigenvalue weighted by Crippen LogP contribution is -2.34. The molecule has 0 aliphatic rings. The van der Waals surface area contributed by atoms with Gasteiger partial charge in [-0.3, -0.25) is 0 Å². The number of benzene rings is 2. The predicted octanol–water partition coefficient (Wildman–Crippen LogP) is 3.66. The van der Waals surface area contributed by atoms with Crippen LogP contribution in [0, 0.1) is 19.7 Å². The van der Waals surface area contributed by atoms with Crippen LogP contribution in [0.3, 0.4) is 0 Å². The van der Waals surface area contributed by atoms with Crippen LogP contribution in [-0.2, 0) is 5.54 Å². The molecule has 2 aromatic rings. The summed E-state index contributed by atoms with van der Waals surface area (Å²) in [4.78, 5) is 0. The minimum Gasteiger partial charge on any atom is -0.318 e. The first-order valence-electron chi connectivity index (χ1n) is 6.04. The molecule has 2 heteroatoms. The zero-order chi connectivity index (χ0) is 13.3. The van der Waals surface area contributed by atoms with E-state index in [1.807, 2.05) is 44.2 Å². The molecule has 1 nitrogen and oxygen atoms in total. The molecular weight excluding hydrogens is 225 g/mol. The van der Waals surface area contributed by atoms with E-state index >= 15 is 0 Å². The van der Waals surface area contributed by atoms with Crippen molar-refractivity contribution in [3.8, 4) is 0 Å². The van der Waals surface area contributed by atoms with Gasteiger partial charge in [-0.15, -0.1) is 0 Å². The van der Waals surface area contributed by atoms with Crippen molar-refractivity contribution in [3.05, 3.63) is 70.5 Å². The topological polar surface area (TPSA) is 26.0 Å². The molecular formula is C16H18FN. The fraction of sp³-hybridized carbons (Fsp3) is 0.250. The summed E-state index contributed by atoms with van der Waals surface area (Å²) in [6.45, 7) is 5.68. The van der Waals surface area contributed by atoms with Crippen molar-refractivity contribution in [2.45, 2.75) is 26.3 Å². The molecule has 1 atom stereocenters. The third-order valence-electron chi connectivity index (χ3n) is 3.42. The second-order valence-corrected chi connectivity index (χ2v) is 5.03. The van der Waals surface area contributed by atoms with Gasteiger partial charge in [0.1, 0.15) is 5.82 Å². The number of halogens is 1. The number of rotatable bonds is 2. The summed E-state index contributed by atoms with van der Waals surface area (Å²) in [6.07, 6.45) is 0. The van der Waals surface area contributed by atoms with E-state index < -0.39 is 5.54 Å². The van der Waals surface area contributed by atoms with E-state index in [2.05, 4.69) is 0 Å². The molecule has 0 fully saturated rings. The molecule has 0 aliphatic heterocycles. The molecule has 0 spiro atoms. The molecule has 2 aromatic carbocycles. The number of hydrogen-bond donors (Lipinski definition) is 1. The van der Waals surface area contributed by atoms with Crippen LogP contribution in [0.1, 0.15) is 29.2 Å². The molecule has 0 saturated carbocycles. The first-order valence-corrected chi connectivity index (χ1v) is 6.04. The highest BCUT2D eigenvalue weighted by Gasteiger charge is 2.24. The highest BCUT2D eigenvalue weighted by molar-refractivity contribution is 5.39. The zero-order valence-electron chi connectivity index (χ0n) is 11.0. The third kappa shape index (κ3) is 2.29. The molecule has 0 aromatic heterocycles. The molecule has 0 aliphatic carbocycles. The average Bonchev–Trinajstić information content (AvgIpc) is 2.33. The zero-order valence-corrected chi connectivity index (χ0v) is 11.0. The monoisotopic (exact) mass is 243 g/mol. The molecule has 0 saturated heterocycles. The normalized spacial score (nSPS) is 14.3. The van der Waals surface area contributed by atoms with Crippen LogP contribution < -0.4 is 5.73 Å². The van der Waals surface area contributed by atoms with Crippen molar-refractivity contribution in [2.75, 3.05) is 0 Å². The van der Waals surface area contributed by atoms with Crippen molar-refractivity contribution in [1.29, 1.82) is 0 Å². The fourth-order valence-corrected chi connectivity index (χ4v) is 1.98. The Bertz CT molecular complexity index is 556. The summed E-state index contributed by atoms with van der Waals surface area (Å²) < 4.78 is 13.6. The van der Waals surface area contributed by atoms with Crippen LogP contribution in [-0.4, -0.2) is 0 Å². The van der Waals surface area contributed by atoms with Crippen molar-refractivity contribution >= 4 is 0 Å². The van der Waals surface area contributed by atoms with Crippen molar-refractivity contribution in [2.24, 2.45) is 5.73 Å². The Morgan fingerprint density at radius 3 is 2.06 bits per heavy atom. The Kier molecular flexibility index (Phi) is 3.22. The lowest BCUT2D eigenvalue weighted by atomic mass is 9.85. The largest absolute Gasteiger partial charge is 0.318 e. The van der Waals surface area contributed by atoms with Gasteiger partial charge in [-0.05, 0) is 43.5 Å². The van der Waals surface area contributed by atoms with Crippen molar-refractivity contribution in [3.63, 3.8) is 0 Å². The Morgan fingerprint density at radius 1 is 0.944 bits per heavy atom. The van der Waals surface area contributed by atoms with Crippen molar-refractivity contribution < 1.29 is 4.39 Å². The minimum atomic E-state index is -0.678. The molecule has 18 heavy (non-hydrogen) atoms. The van der Waals surface area contributed by atoms with Gasteiger partial charge in [-0.25, -0.2) is 4.39 Å². The first-order chi connectivity index (χ1) is 8.41. The summed E-state index contributed by atoms with van der Waals surface area (Å²) >= 11 is 0. The number of hydrogen-bond acceptors (Lipinski definition) is 1. The van der Waals surface area contributed by atoms with E-state index in [-0.39, 0.29) is 5.82 Å². The molecule has 0 heterocycles. The fourth-order valence-electron chi connectivity index (χ4n) is 1.98. The maximum absolute atomic E-state index is 13.6. The lowest BCUT2D eigenvalue weighted by molar-refractivity contribution is 0.577. The van der Waals surface area contributed by atoms with Crippen LogP contribution in [0.2, 0.25) is 0 Å². The van der Waals surface area contributed by atoms with Gasteiger partial charge >= 0.3 is 0 Å².